The minimum absolute atomic E-state index is 0.246. The van der Waals surface area contributed by atoms with E-state index in [0.29, 0.717) is 13.0 Å². The van der Waals surface area contributed by atoms with Crippen LogP contribution in [0.5, 0.6) is 0 Å². The number of rotatable bonds is 4. The van der Waals surface area contributed by atoms with E-state index in [0.717, 1.165) is 54.1 Å². The summed E-state index contributed by atoms with van der Waals surface area (Å²) in [7, 11) is 0. The van der Waals surface area contributed by atoms with Crippen LogP contribution in [0.3, 0.4) is 0 Å². The van der Waals surface area contributed by atoms with Gasteiger partial charge in [0, 0.05) is 55.6 Å². The first kappa shape index (κ1) is 16.8. The summed E-state index contributed by atoms with van der Waals surface area (Å²) in [5.41, 5.74) is 3.11. The van der Waals surface area contributed by atoms with Gasteiger partial charge in [0.05, 0.1) is 5.69 Å². The fourth-order valence-corrected chi connectivity index (χ4v) is 3.70. The highest BCUT2D eigenvalue weighted by atomic mass is 16.2. The van der Waals surface area contributed by atoms with Crippen molar-refractivity contribution in [1.82, 2.24) is 19.4 Å². The van der Waals surface area contributed by atoms with Crippen LogP contribution in [-0.4, -0.2) is 38.4 Å². The van der Waals surface area contributed by atoms with Gasteiger partial charge in [-0.1, -0.05) is 6.92 Å². The molecular formula is C21H24N4O. The van der Waals surface area contributed by atoms with E-state index in [9.17, 15) is 4.79 Å². The number of hydrogen-bond donors (Lipinski definition) is 0. The van der Waals surface area contributed by atoms with E-state index in [2.05, 4.69) is 33.6 Å². The van der Waals surface area contributed by atoms with Crippen molar-refractivity contribution < 1.29 is 4.79 Å². The SMILES string of the molecule is CC1CCN(C(=O)CCn2c(-c3ccncc3)cc3cccnc32)CC1. The van der Waals surface area contributed by atoms with Crippen molar-refractivity contribution in [2.45, 2.75) is 32.7 Å². The number of hydrogen-bond acceptors (Lipinski definition) is 3. The smallest absolute Gasteiger partial charge is 0.224 e. The van der Waals surface area contributed by atoms with Crippen LogP contribution in [0.1, 0.15) is 26.2 Å². The molecule has 0 bridgehead atoms. The van der Waals surface area contributed by atoms with Crippen LogP contribution in [0, 0.1) is 5.92 Å². The minimum atomic E-state index is 0.246. The molecule has 0 radical (unpaired) electrons. The summed E-state index contributed by atoms with van der Waals surface area (Å²) in [5.74, 6) is 0.977. The van der Waals surface area contributed by atoms with Gasteiger partial charge in [-0.25, -0.2) is 4.98 Å². The summed E-state index contributed by atoms with van der Waals surface area (Å²) in [6, 6.07) is 10.2. The number of fused-ring (bicyclic) bond motifs is 1. The standard InChI is InChI=1S/C21H24N4O/c1-16-6-12-24(13-7-16)20(26)8-14-25-19(17-4-10-22-11-5-17)15-18-3-2-9-23-21(18)25/h2-5,9-11,15-16H,6-8,12-14H2,1H3. The van der Waals surface area contributed by atoms with E-state index in [4.69, 9.17) is 0 Å². The maximum absolute atomic E-state index is 12.7. The molecule has 1 saturated heterocycles. The molecule has 0 unspecified atom stereocenters. The zero-order valence-corrected chi connectivity index (χ0v) is 15.1. The van der Waals surface area contributed by atoms with Crippen molar-refractivity contribution in [1.29, 1.82) is 0 Å². The number of pyridine rings is 2. The molecule has 4 rings (SSSR count). The number of carbonyl (C=O) groups is 1. The predicted octanol–water partition coefficient (Wildman–Crippen LogP) is 3.75. The van der Waals surface area contributed by atoms with Crippen LogP contribution < -0.4 is 0 Å². The van der Waals surface area contributed by atoms with Crippen LogP contribution in [-0.2, 0) is 11.3 Å². The molecule has 1 amide bonds. The molecule has 26 heavy (non-hydrogen) atoms. The van der Waals surface area contributed by atoms with Gasteiger partial charge in [-0.15, -0.1) is 0 Å². The van der Waals surface area contributed by atoms with Gasteiger partial charge < -0.3 is 9.47 Å². The molecular weight excluding hydrogens is 324 g/mol. The number of amides is 1. The molecule has 0 saturated carbocycles. The average Bonchev–Trinajstić information content (AvgIpc) is 3.06. The Morgan fingerprint density at radius 1 is 1.15 bits per heavy atom. The minimum Gasteiger partial charge on any atom is -0.343 e. The van der Waals surface area contributed by atoms with Crippen LogP contribution in [0.15, 0.2) is 48.9 Å². The lowest BCUT2D eigenvalue weighted by Gasteiger charge is -2.30. The quantitative estimate of drug-likeness (QED) is 0.721. The summed E-state index contributed by atoms with van der Waals surface area (Å²) in [5, 5.41) is 1.10. The highest BCUT2D eigenvalue weighted by Crippen LogP contribution is 2.27. The summed E-state index contributed by atoms with van der Waals surface area (Å²) in [4.78, 5) is 23.3. The van der Waals surface area contributed by atoms with E-state index in [-0.39, 0.29) is 5.91 Å². The zero-order valence-electron chi connectivity index (χ0n) is 15.1. The third-order valence-electron chi connectivity index (χ3n) is 5.32. The van der Waals surface area contributed by atoms with Crippen molar-refractivity contribution in [2.24, 2.45) is 5.92 Å². The van der Waals surface area contributed by atoms with Crippen molar-refractivity contribution >= 4 is 16.9 Å². The van der Waals surface area contributed by atoms with Gasteiger partial charge in [0.1, 0.15) is 5.65 Å². The highest BCUT2D eigenvalue weighted by Gasteiger charge is 2.21. The van der Waals surface area contributed by atoms with Crippen LogP contribution in [0.25, 0.3) is 22.3 Å². The number of piperidine rings is 1. The molecule has 0 spiro atoms. The van der Waals surface area contributed by atoms with Crippen molar-refractivity contribution in [3.8, 4) is 11.3 Å². The van der Waals surface area contributed by atoms with Gasteiger partial charge in [-0.2, -0.15) is 0 Å². The van der Waals surface area contributed by atoms with E-state index < -0.39 is 0 Å². The Morgan fingerprint density at radius 2 is 1.92 bits per heavy atom. The first-order valence-corrected chi connectivity index (χ1v) is 9.35. The van der Waals surface area contributed by atoms with Gasteiger partial charge in [-0.3, -0.25) is 9.78 Å². The van der Waals surface area contributed by atoms with E-state index in [1.807, 2.05) is 29.3 Å². The fourth-order valence-electron chi connectivity index (χ4n) is 3.70. The number of carbonyl (C=O) groups excluding carboxylic acids is 1. The second kappa shape index (κ2) is 7.28. The Hall–Kier alpha value is -2.69. The molecule has 5 nitrogen and oxygen atoms in total. The zero-order chi connectivity index (χ0) is 17.9. The van der Waals surface area contributed by atoms with Gasteiger partial charge in [0.25, 0.3) is 0 Å². The lowest BCUT2D eigenvalue weighted by molar-refractivity contribution is -0.132. The second-order valence-electron chi connectivity index (χ2n) is 7.15. The topological polar surface area (TPSA) is 51.0 Å². The van der Waals surface area contributed by atoms with E-state index >= 15 is 0 Å². The molecule has 0 aromatic carbocycles. The Morgan fingerprint density at radius 3 is 2.69 bits per heavy atom. The van der Waals surface area contributed by atoms with Crippen molar-refractivity contribution in [3.63, 3.8) is 0 Å². The first-order chi connectivity index (χ1) is 12.7. The molecule has 4 heterocycles. The van der Waals surface area contributed by atoms with E-state index in [1.165, 1.54) is 0 Å². The molecule has 1 aliphatic heterocycles. The molecule has 3 aromatic rings. The Kier molecular flexibility index (Phi) is 4.69. The van der Waals surface area contributed by atoms with Gasteiger partial charge in [0.15, 0.2) is 0 Å². The Bertz CT molecular complexity index is 895. The molecule has 3 aromatic heterocycles. The summed E-state index contributed by atoms with van der Waals surface area (Å²) < 4.78 is 2.16. The summed E-state index contributed by atoms with van der Waals surface area (Å²) >= 11 is 0. The molecule has 1 aliphatic rings. The van der Waals surface area contributed by atoms with Crippen LogP contribution in [0.4, 0.5) is 0 Å². The normalized spacial score (nSPS) is 15.5. The number of aryl methyl sites for hydroxylation is 1. The number of nitrogens with zero attached hydrogens (tertiary/aromatic N) is 4. The Labute approximate surface area is 153 Å². The largest absolute Gasteiger partial charge is 0.343 e. The number of likely N-dealkylation sites (tertiary alicyclic amines) is 1. The van der Waals surface area contributed by atoms with Gasteiger partial charge in [-0.05, 0) is 49.1 Å². The lowest BCUT2D eigenvalue weighted by atomic mass is 9.99. The highest BCUT2D eigenvalue weighted by molar-refractivity contribution is 5.84. The Balaban J connectivity index is 1.58. The first-order valence-electron chi connectivity index (χ1n) is 9.35. The van der Waals surface area contributed by atoms with Crippen LogP contribution >= 0.6 is 0 Å². The molecule has 0 aliphatic carbocycles. The second-order valence-corrected chi connectivity index (χ2v) is 7.15. The van der Waals surface area contributed by atoms with Gasteiger partial charge >= 0.3 is 0 Å². The summed E-state index contributed by atoms with van der Waals surface area (Å²) in [6.45, 7) is 4.69. The number of aromatic nitrogens is 3. The molecule has 0 N–H and O–H groups in total. The molecule has 1 fully saturated rings. The van der Waals surface area contributed by atoms with E-state index in [1.54, 1.807) is 12.4 Å². The van der Waals surface area contributed by atoms with Crippen molar-refractivity contribution in [2.75, 3.05) is 13.1 Å². The average molecular weight is 348 g/mol. The maximum atomic E-state index is 12.7. The van der Waals surface area contributed by atoms with Gasteiger partial charge in [0.2, 0.25) is 5.91 Å². The monoisotopic (exact) mass is 348 g/mol. The lowest BCUT2D eigenvalue weighted by Crippen LogP contribution is -2.38. The van der Waals surface area contributed by atoms with Crippen LogP contribution in [0.2, 0.25) is 0 Å². The van der Waals surface area contributed by atoms with Crippen molar-refractivity contribution in [3.05, 3.63) is 48.9 Å². The molecule has 0 atom stereocenters. The molecule has 5 heteroatoms. The summed E-state index contributed by atoms with van der Waals surface area (Å²) in [6.07, 6.45) is 8.13. The predicted molar refractivity (Wildman–Crippen MR) is 103 cm³/mol. The molecule has 134 valence electrons. The third-order valence-corrected chi connectivity index (χ3v) is 5.32. The third kappa shape index (κ3) is 3.34. The fraction of sp³-hybridized carbons (Fsp3) is 0.381. The maximum Gasteiger partial charge on any atom is 0.224 e.